The number of nitrogens with one attached hydrogen (secondary N) is 1. The molecule has 90 valence electrons. The smallest absolute Gasteiger partial charge is 0.0869 e. The lowest BCUT2D eigenvalue weighted by molar-refractivity contribution is 0.678. The third kappa shape index (κ3) is 2.90. The van der Waals surface area contributed by atoms with Crippen LogP contribution in [0.15, 0.2) is 32.7 Å². The number of hydrogen-bond donors (Lipinski definition) is 1. The van der Waals surface area contributed by atoms with E-state index in [0.717, 1.165) is 24.5 Å². The van der Waals surface area contributed by atoms with Crippen molar-refractivity contribution < 1.29 is 0 Å². The van der Waals surface area contributed by atoms with E-state index in [-0.39, 0.29) is 6.04 Å². The van der Waals surface area contributed by atoms with E-state index in [0.29, 0.717) is 0 Å². The zero-order valence-electron chi connectivity index (χ0n) is 8.88. The first kappa shape index (κ1) is 13.5. The zero-order chi connectivity index (χ0) is 12.4. The predicted octanol–water partition coefficient (Wildman–Crippen LogP) is 4.63. The highest BCUT2D eigenvalue weighted by molar-refractivity contribution is 9.11. The lowest BCUT2D eigenvalue weighted by Crippen LogP contribution is -2.18. The molecule has 0 aromatic carbocycles. The van der Waals surface area contributed by atoms with Crippen molar-refractivity contribution in [2.75, 3.05) is 7.05 Å². The van der Waals surface area contributed by atoms with Crippen LogP contribution in [0.2, 0.25) is 5.02 Å². The van der Waals surface area contributed by atoms with Gasteiger partial charge in [-0.25, -0.2) is 0 Å². The molecule has 0 saturated heterocycles. The van der Waals surface area contributed by atoms with Crippen LogP contribution in [0.25, 0.3) is 0 Å². The summed E-state index contributed by atoms with van der Waals surface area (Å²) in [7, 11) is 1.90. The minimum Gasteiger partial charge on any atom is -0.307 e. The zero-order valence-corrected chi connectivity index (χ0v) is 13.6. The van der Waals surface area contributed by atoms with Gasteiger partial charge in [-0.1, -0.05) is 11.6 Å². The number of pyridine rings is 1. The number of halogens is 3. The Kier molecular flexibility index (Phi) is 4.60. The van der Waals surface area contributed by atoms with Crippen LogP contribution >= 0.6 is 54.8 Å². The largest absolute Gasteiger partial charge is 0.307 e. The van der Waals surface area contributed by atoms with Crippen molar-refractivity contribution >= 4 is 54.8 Å². The fourth-order valence-electron chi connectivity index (χ4n) is 1.54. The van der Waals surface area contributed by atoms with Crippen molar-refractivity contribution in [3.05, 3.63) is 48.2 Å². The van der Waals surface area contributed by atoms with Crippen molar-refractivity contribution in [3.63, 3.8) is 0 Å². The highest BCUT2D eigenvalue weighted by atomic mass is 79.9. The molecule has 1 N–H and O–H groups in total. The lowest BCUT2D eigenvalue weighted by Gasteiger charge is -2.16. The summed E-state index contributed by atoms with van der Waals surface area (Å²) >= 11 is 14.7. The van der Waals surface area contributed by atoms with E-state index in [1.165, 1.54) is 0 Å². The fourth-order valence-corrected chi connectivity index (χ4v) is 4.03. The molecular formula is C11H9Br2ClN2S. The van der Waals surface area contributed by atoms with Crippen molar-refractivity contribution in [1.29, 1.82) is 0 Å². The minimum atomic E-state index is 0.00461. The van der Waals surface area contributed by atoms with Gasteiger partial charge in [0.1, 0.15) is 0 Å². The second-order valence-corrected chi connectivity index (χ2v) is 6.50. The first-order valence-electron chi connectivity index (χ1n) is 4.84. The van der Waals surface area contributed by atoms with Gasteiger partial charge in [-0.05, 0) is 56.4 Å². The van der Waals surface area contributed by atoms with E-state index >= 15 is 0 Å². The maximum Gasteiger partial charge on any atom is 0.0869 e. The van der Waals surface area contributed by atoms with E-state index in [9.17, 15) is 0 Å². The molecule has 2 heterocycles. The molecule has 0 radical (unpaired) electrons. The molecule has 0 aliphatic heterocycles. The standard InChI is InChI=1S/C11H9Br2ClN2S/c1-15-10(11-8(14)2-3-17-11)9-7(13)4-6(12)5-16-9/h2-5,10,15H,1H3. The van der Waals surface area contributed by atoms with E-state index in [1.807, 2.05) is 24.6 Å². The fraction of sp³-hybridized carbons (Fsp3) is 0.182. The molecule has 0 bridgehead atoms. The van der Waals surface area contributed by atoms with Gasteiger partial charge < -0.3 is 5.32 Å². The first-order chi connectivity index (χ1) is 8.13. The molecular weight excluding hydrogens is 387 g/mol. The predicted molar refractivity (Wildman–Crippen MR) is 79.9 cm³/mol. The molecule has 2 rings (SSSR count). The van der Waals surface area contributed by atoms with Gasteiger partial charge in [0.25, 0.3) is 0 Å². The van der Waals surface area contributed by atoms with Crippen molar-refractivity contribution in [1.82, 2.24) is 10.3 Å². The van der Waals surface area contributed by atoms with Crippen molar-refractivity contribution in [2.45, 2.75) is 6.04 Å². The van der Waals surface area contributed by atoms with E-state index in [2.05, 4.69) is 42.2 Å². The van der Waals surface area contributed by atoms with Crippen LogP contribution in [0, 0.1) is 0 Å². The third-order valence-corrected chi connectivity index (χ3v) is 4.80. The van der Waals surface area contributed by atoms with Crippen LogP contribution in [0.5, 0.6) is 0 Å². The molecule has 17 heavy (non-hydrogen) atoms. The van der Waals surface area contributed by atoms with Gasteiger partial charge >= 0.3 is 0 Å². The number of aromatic nitrogens is 1. The summed E-state index contributed by atoms with van der Waals surface area (Å²) in [6, 6.07) is 3.89. The molecule has 0 aliphatic rings. The van der Waals surface area contributed by atoms with Gasteiger partial charge in [0, 0.05) is 20.0 Å². The third-order valence-electron chi connectivity index (χ3n) is 2.31. The number of nitrogens with zero attached hydrogens (tertiary/aromatic N) is 1. The average Bonchev–Trinajstić information content (AvgIpc) is 2.69. The molecule has 0 fully saturated rings. The summed E-state index contributed by atoms with van der Waals surface area (Å²) in [6.45, 7) is 0. The summed E-state index contributed by atoms with van der Waals surface area (Å²) in [5, 5.41) is 5.99. The first-order valence-corrected chi connectivity index (χ1v) is 7.69. The molecule has 0 spiro atoms. The number of rotatable bonds is 3. The monoisotopic (exact) mass is 394 g/mol. The van der Waals surface area contributed by atoms with Gasteiger partial charge in [-0.15, -0.1) is 11.3 Å². The Balaban J connectivity index is 2.46. The lowest BCUT2D eigenvalue weighted by atomic mass is 10.1. The molecule has 0 saturated carbocycles. The maximum atomic E-state index is 6.16. The SMILES string of the molecule is CNC(c1ncc(Br)cc1Br)c1sccc1Cl. The van der Waals surface area contributed by atoms with Crippen LogP contribution in [0.1, 0.15) is 16.6 Å². The second-order valence-electron chi connectivity index (χ2n) is 3.38. The quantitative estimate of drug-likeness (QED) is 0.818. The molecule has 0 aliphatic carbocycles. The number of thiophene rings is 1. The number of hydrogen-bond acceptors (Lipinski definition) is 3. The van der Waals surface area contributed by atoms with E-state index < -0.39 is 0 Å². The van der Waals surface area contributed by atoms with Crippen LogP contribution in [-0.4, -0.2) is 12.0 Å². The second kappa shape index (κ2) is 5.80. The highest BCUT2D eigenvalue weighted by Gasteiger charge is 2.20. The van der Waals surface area contributed by atoms with E-state index in [4.69, 9.17) is 11.6 Å². The highest BCUT2D eigenvalue weighted by Crippen LogP contribution is 2.35. The Hall–Kier alpha value is 0.0600. The average molecular weight is 397 g/mol. The summed E-state index contributed by atoms with van der Waals surface area (Å²) in [4.78, 5) is 5.51. The van der Waals surface area contributed by atoms with Gasteiger partial charge in [-0.3, -0.25) is 4.98 Å². The van der Waals surface area contributed by atoms with Crippen molar-refractivity contribution in [3.8, 4) is 0 Å². The minimum absolute atomic E-state index is 0.00461. The molecule has 1 unspecified atom stereocenters. The molecule has 2 aromatic rings. The van der Waals surface area contributed by atoms with Gasteiger partial charge in [-0.2, -0.15) is 0 Å². The normalized spacial score (nSPS) is 12.7. The van der Waals surface area contributed by atoms with Crippen LogP contribution in [-0.2, 0) is 0 Å². The van der Waals surface area contributed by atoms with Crippen LogP contribution < -0.4 is 5.32 Å². The Bertz CT molecular complexity index is 530. The summed E-state index contributed by atoms with van der Waals surface area (Å²) < 4.78 is 1.90. The summed E-state index contributed by atoms with van der Waals surface area (Å²) in [6.07, 6.45) is 1.78. The molecule has 2 aromatic heterocycles. The Morgan fingerprint density at radius 2 is 2.24 bits per heavy atom. The van der Waals surface area contributed by atoms with E-state index in [1.54, 1.807) is 17.5 Å². The summed E-state index contributed by atoms with van der Waals surface area (Å²) in [5.74, 6) is 0. The molecule has 0 amide bonds. The van der Waals surface area contributed by atoms with Gasteiger partial charge in [0.15, 0.2) is 0 Å². The topological polar surface area (TPSA) is 24.9 Å². The van der Waals surface area contributed by atoms with Crippen LogP contribution in [0.4, 0.5) is 0 Å². The Morgan fingerprint density at radius 1 is 1.47 bits per heavy atom. The Morgan fingerprint density at radius 3 is 2.76 bits per heavy atom. The van der Waals surface area contributed by atoms with Gasteiger partial charge in [0.05, 0.1) is 16.8 Å². The summed E-state index contributed by atoms with van der Waals surface area (Å²) in [5.41, 5.74) is 0.931. The van der Waals surface area contributed by atoms with Crippen LogP contribution in [0.3, 0.4) is 0 Å². The Labute approximate surface area is 126 Å². The van der Waals surface area contributed by atoms with Crippen molar-refractivity contribution in [2.24, 2.45) is 0 Å². The molecule has 2 nitrogen and oxygen atoms in total. The van der Waals surface area contributed by atoms with Gasteiger partial charge in [0.2, 0.25) is 0 Å². The molecule has 1 atom stereocenters. The maximum absolute atomic E-state index is 6.16. The molecule has 6 heteroatoms.